The second-order valence-corrected chi connectivity index (χ2v) is 3.70. The van der Waals surface area contributed by atoms with Crippen LogP contribution >= 0.6 is 0 Å². The Bertz CT molecular complexity index is 291. The van der Waals surface area contributed by atoms with Gasteiger partial charge in [0.05, 0.1) is 0 Å². The van der Waals surface area contributed by atoms with Crippen molar-refractivity contribution in [3.8, 4) is 0 Å². The summed E-state index contributed by atoms with van der Waals surface area (Å²) < 4.78 is 15.3. The number of nitrogens with zero attached hydrogens (tertiary/aromatic N) is 2. The van der Waals surface area contributed by atoms with Gasteiger partial charge >= 0.3 is 0 Å². The van der Waals surface area contributed by atoms with Gasteiger partial charge in [0.25, 0.3) is 0 Å². The van der Waals surface area contributed by atoms with Crippen molar-refractivity contribution in [3.63, 3.8) is 0 Å². The lowest BCUT2D eigenvalue weighted by Gasteiger charge is -2.34. The van der Waals surface area contributed by atoms with Crippen LogP contribution in [-0.4, -0.2) is 28.5 Å². The van der Waals surface area contributed by atoms with Gasteiger partial charge in [-0.15, -0.1) is 0 Å². The quantitative estimate of drug-likeness (QED) is 0.746. The van der Waals surface area contributed by atoms with Gasteiger partial charge in [-0.05, 0) is 18.9 Å². The van der Waals surface area contributed by atoms with Gasteiger partial charge in [-0.3, -0.25) is 4.68 Å². The highest BCUT2D eigenvalue weighted by Gasteiger charge is 2.36. The highest BCUT2D eigenvalue weighted by molar-refractivity contribution is 5.03. The van der Waals surface area contributed by atoms with Crippen molar-refractivity contribution in [1.29, 1.82) is 0 Å². The molecule has 0 spiro atoms. The summed E-state index contributed by atoms with van der Waals surface area (Å²) in [7, 11) is 1.89. The number of aromatic nitrogens is 2. The topological polar surface area (TPSA) is 29.9 Å². The van der Waals surface area contributed by atoms with Gasteiger partial charge in [0, 0.05) is 32.0 Å². The Morgan fingerprint density at radius 2 is 2.46 bits per heavy atom. The van der Waals surface area contributed by atoms with E-state index in [0.29, 0.717) is 19.5 Å². The van der Waals surface area contributed by atoms with E-state index >= 15 is 0 Å². The summed E-state index contributed by atoms with van der Waals surface area (Å²) >= 11 is 0. The SMILES string of the molecule is Cn1nccc1CCC1(F)CNC1. The van der Waals surface area contributed by atoms with Crippen LogP contribution in [0.3, 0.4) is 0 Å². The minimum absolute atomic E-state index is 0.505. The highest BCUT2D eigenvalue weighted by Crippen LogP contribution is 2.22. The molecule has 0 atom stereocenters. The number of alkyl halides is 1. The number of hydrogen-bond acceptors (Lipinski definition) is 2. The van der Waals surface area contributed by atoms with Crippen LogP contribution in [0.4, 0.5) is 4.39 Å². The van der Waals surface area contributed by atoms with Crippen LogP contribution in [0.5, 0.6) is 0 Å². The van der Waals surface area contributed by atoms with Crippen LogP contribution in [0, 0.1) is 0 Å². The summed E-state index contributed by atoms with van der Waals surface area (Å²) in [6.07, 6.45) is 3.12. The average molecular weight is 183 g/mol. The third kappa shape index (κ3) is 1.72. The molecule has 0 amide bonds. The van der Waals surface area contributed by atoms with Crippen LogP contribution in [0.1, 0.15) is 12.1 Å². The molecule has 0 aromatic carbocycles. The molecule has 13 heavy (non-hydrogen) atoms. The Morgan fingerprint density at radius 3 is 2.92 bits per heavy atom. The summed E-state index contributed by atoms with van der Waals surface area (Å²) in [4.78, 5) is 0. The molecule has 1 fully saturated rings. The van der Waals surface area contributed by atoms with Crippen LogP contribution in [-0.2, 0) is 13.5 Å². The van der Waals surface area contributed by atoms with Gasteiger partial charge in [-0.2, -0.15) is 5.10 Å². The normalized spacial score (nSPS) is 19.8. The molecule has 1 aliphatic heterocycles. The molecule has 0 radical (unpaired) electrons. The number of hydrogen-bond donors (Lipinski definition) is 1. The molecular weight excluding hydrogens is 169 g/mol. The third-order valence-electron chi connectivity index (χ3n) is 2.64. The summed E-state index contributed by atoms with van der Waals surface area (Å²) in [5.41, 5.74) is 0.133. The van der Waals surface area contributed by atoms with E-state index in [4.69, 9.17) is 0 Å². The number of nitrogens with one attached hydrogen (secondary N) is 1. The number of halogens is 1. The van der Waals surface area contributed by atoms with Crippen LogP contribution < -0.4 is 5.32 Å². The van der Waals surface area contributed by atoms with Crippen molar-refractivity contribution in [1.82, 2.24) is 15.1 Å². The lowest BCUT2D eigenvalue weighted by Crippen LogP contribution is -2.56. The molecule has 2 heterocycles. The largest absolute Gasteiger partial charge is 0.310 e. The van der Waals surface area contributed by atoms with Crippen molar-refractivity contribution < 1.29 is 4.39 Å². The average Bonchev–Trinajstić information content (AvgIpc) is 2.44. The predicted molar refractivity (Wildman–Crippen MR) is 48.2 cm³/mol. The van der Waals surface area contributed by atoms with E-state index in [2.05, 4.69) is 10.4 Å². The molecule has 1 saturated heterocycles. The Balaban J connectivity index is 1.89. The maximum absolute atomic E-state index is 13.5. The van der Waals surface area contributed by atoms with Gasteiger partial charge < -0.3 is 5.32 Å². The molecule has 0 unspecified atom stereocenters. The fourth-order valence-electron chi connectivity index (χ4n) is 1.57. The molecule has 72 valence electrons. The van der Waals surface area contributed by atoms with Crippen molar-refractivity contribution in [3.05, 3.63) is 18.0 Å². The number of rotatable bonds is 3. The summed E-state index contributed by atoms with van der Waals surface area (Å²) in [6.45, 7) is 1.01. The molecule has 1 N–H and O–H groups in total. The molecule has 1 aromatic heterocycles. The monoisotopic (exact) mass is 183 g/mol. The second kappa shape index (κ2) is 3.10. The van der Waals surface area contributed by atoms with Crippen molar-refractivity contribution in [2.24, 2.45) is 7.05 Å². The Labute approximate surface area is 76.9 Å². The summed E-state index contributed by atoms with van der Waals surface area (Å²) in [5.74, 6) is 0. The van der Waals surface area contributed by atoms with Gasteiger partial charge in [0.1, 0.15) is 5.67 Å². The highest BCUT2D eigenvalue weighted by atomic mass is 19.1. The molecule has 3 nitrogen and oxygen atoms in total. The minimum Gasteiger partial charge on any atom is -0.310 e. The molecule has 1 aliphatic rings. The molecule has 1 aromatic rings. The first-order valence-electron chi connectivity index (χ1n) is 4.56. The third-order valence-corrected chi connectivity index (χ3v) is 2.64. The van der Waals surface area contributed by atoms with E-state index in [-0.39, 0.29) is 0 Å². The summed E-state index contributed by atoms with van der Waals surface area (Å²) in [6, 6.07) is 1.94. The summed E-state index contributed by atoms with van der Waals surface area (Å²) in [5, 5.41) is 6.99. The lowest BCUT2D eigenvalue weighted by atomic mass is 9.93. The van der Waals surface area contributed by atoms with Crippen molar-refractivity contribution in [2.45, 2.75) is 18.5 Å². The van der Waals surface area contributed by atoms with Gasteiger partial charge in [-0.25, -0.2) is 4.39 Å². The first-order chi connectivity index (χ1) is 6.20. The van der Waals surface area contributed by atoms with Crippen LogP contribution in [0.2, 0.25) is 0 Å². The van der Waals surface area contributed by atoms with E-state index in [1.807, 2.05) is 13.1 Å². The fraction of sp³-hybridized carbons (Fsp3) is 0.667. The molecular formula is C9H14FN3. The zero-order valence-electron chi connectivity index (χ0n) is 7.76. The van der Waals surface area contributed by atoms with E-state index in [1.165, 1.54) is 0 Å². The van der Waals surface area contributed by atoms with Gasteiger partial charge in [0.2, 0.25) is 0 Å². The molecule has 0 aliphatic carbocycles. The van der Waals surface area contributed by atoms with E-state index in [9.17, 15) is 4.39 Å². The maximum atomic E-state index is 13.5. The minimum atomic E-state index is -0.968. The van der Waals surface area contributed by atoms with Crippen molar-refractivity contribution in [2.75, 3.05) is 13.1 Å². The molecule has 4 heteroatoms. The fourth-order valence-corrected chi connectivity index (χ4v) is 1.57. The first-order valence-corrected chi connectivity index (χ1v) is 4.56. The lowest BCUT2D eigenvalue weighted by molar-refractivity contribution is 0.0803. The Morgan fingerprint density at radius 1 is 1.69 bits per heavy atom. The zero-order chi connectivity index (χ0) is 9.31. The van der Waals surface area contributed by atoms with E-state index < -0.39 is 5.67 Å². The molecule has 0 saturated carbocycles. The van der Waals surface area contributed by atoms with Gasteiger partial charge in [0.15, 0.2) is 0 Å². The predicted octanol–water partition coefficient (Wildman–Crippen LogP) is 0.664. The van der Waals surface area contributed by atoms with Crippen molar-refractivity contribution >= 4 is 0 Å². The van der Waals surface area contributed by atoms with Crippen LogP contribution in [0.25, 0.3) is 0 Å². The van der Waals surface area contributed by atoms with Gasteiger partial charge in [-0.1, -0.05) is 0 Å². The second-order valence-electron chi connectivity index (χ2n) is 3.70. The zero-order valence-corrected chi connectivity index (χ0v) is 7.76. The maximum Gasteiger partial charge on any atom is 0.136 e. The molecule has 2 rings (SSSR count). The first kappa shape index (κ1) is 8.69. The van der Waals surface area contributed by atoms with E-state index in [0.717, 1.165) is 12.1 Å². The molecule has 0 bridgehead atoms. The standard InChI is InChI=1S/C9H14FN3/c1-13-8(3-5-12-13)2-4-9(10)6-11-7-9/h3,5,11H,2,4,6-7H2,1H3. The van der Waals surface area contributed by atoms with E-state index in [1.54, 1.807) is 10.9 Å². The smallest absolute Gasteiger partial charge is 0.136 e. The van der Waals surface area contributed by atoms with Crippen LogP contribution in [0.15, 0.2) is 12.3 Å². The number of aryl methyl sites for hydroxylation is 2. The Kier molecular flexibility index (Phi) is 2.07. The Hall–Kier alpha value is -0.900.